The fraction of sp³-hybridized carbons (Fsp3) is 0.905. The number of Topliss-reactive ketones (excluding diaryl/α,β-unsaturated/α-hetero) is 1. The molecule has 24 heavy (non-hydrogen) atoms. The number of esters is 1. The maximum atomic E-state index is 13.0. The summed E-state index contributed by atoms with van der Waals surface area (Å²) in [4.78, 5) is 25.7. The molecule has 0 aromatic carbocycles. The molecule has 0 aliphatic heterocycles. The third kappa shape index (κ3) is 1.60. The second kappa shape index (κ2) is 5.08. The van der Waals surface area contributed by atoms with Crippen molar-refractivity contribution in [1.29, 1.82) is 0 Å². The Bertz CT molecular complexity index is 556. The van der Waals surface area contributed by atoms with Crippen molar-refractivity contribution in [3.05, 3.63) is 0 Å². The van der Waals surface area contributed by atoms with E-state index in [9.17, 15) is 9.59 Å². The van der Waals surface area contributed by atoms with E-state index in [2.05, 4.69) is 0 Å². The van der Waals surface area contributed by atoms with Crippen LogP contribution in [0.25, 0.3) is 0 Å². The van der Waals surface area contributed by atoms with E-state index in [0.29, 0.717) is 18.3 Å². The Balaban J connectivity index is 1.58. The van der Waals surface area contributed by atoms with E-state index in [1.165, 1.54) is 71.3 Å². The lowest BCUT2D eigenvalue weighted by atomic mass is 9.74. The number of rotatable bonds is 1. The number of fused-ring (bicyclic) bond motifs is 7. The molecular weight excluding hydrogens is 300 g/mol. The van der Waals surface area contributed by atoms with Gasteiger partial charge in [0.25, 0.3) is 0 Å². The zero-order valence-corrected chi connectivity index (χ0v) is 14.9. The molecule has 0 bridgehead atoms. The van der Waals surface area contributed by atoms with Gasteiger partial charge >= 0.3 is 5.97 Å². The maximum Gasteiger partial charge on any atom is 0.316 e. The van der Waals surface area contributed by atoms with Crippen molar-refractivity contribution in [2.24, 2.45) is 40.4 Å². The molecule has 0 amide bonds. The lowest BCUT2D eigenvalue weighted by Crippen LogP contribution is -2.33. The van der Waals surface area contributed by atoms with E-state index in [1.54, 1.807) is 0 Å². The molecule has 0 heterocycles. The van der Waals surface area contributed by atoms with Crippen LogP contribution in [-0.4, -0.2) is 18.9 Å². The van der Waals surface area contributed by atoms with Crippen LogP contribution in [0.5, 0.6) is 0 Å². The minimum Gasteiger partial charge on any atom is -0.468 e. The second-order valence-corrected chi connectivity index (χ2v) is 9.27. The van der Waals surface area contributed by atoms with Crippen molar-refractivity contribution in [3.8, 4) is 0 Å². The molecule has 5 saturated carbocycles. The van der Waals surface area contributed by atoms with E-state index in [1.807, 2.05) is 0 Å². The van der Waals surface area contributed by atoms with Gasteiger partial charge < -0.3 is 4.74 Å². The maximum absolute atomic E-state index is 13.0. The van der Waals surface area contributed by atoms with Crippen LogP contribution in [0.2, 0.25) is 0 Å². The number of carbonyl (C=O) groups excluding carboxylic acids is 2. The van der Waals surface area contributed by atoms with Gasteiger partial charge in [-0.2, -0.15) is 0 Å². The van der Waals surface area contributed by atoms with E-state index >= 15 is 0 Å². The van der Waals surface area contributed by atoms with E-state index in [0.717, 1.165) is 11.8 Å². The van der Waals surface area contributed by atoms with Gasteiger partial charge in [-0.3, -0.25) is 9.59 Å². The quantitative estimate of drug-likeness (QED) is 0.536. The molecule has 5 unspecified atom stereocenters. The first-order valence-electron chi connectivity index (χ1n) is 10.3. The van der Waals surface area contributed by atoms with E-state index < -0.39 is 5.92 Å². The van der Waals surface area contributed by atoms with Gasteiger partial charge in [0, 0.05) is 11.8 Å². The van der Waals surface area contributed by atoms with Crippen LogP contribution in [0.3, 0.4) is 0 Å². The average Bonchev–Trinajstić information content (AvgIpc) is 3.39. The largest absolute Gasteiger partial charge is 0.468 e. The number of methoxy groups -OCH3 is 1. The Morgan fingerprint density at radius 1 is 0.875 bits per heavy atom. The first kappa shape index (κ1) is 15.4. The molecule has 5 rings (SSSR count). The van der Waals surface area contributed by atoms with Gasteiger partial charge in [0.2, 0.25) is 0 Å². The summed E-state index contributed by atoms with van der Waals surface area (Å²) >= 11 is 0. The van der Waals surface area contributed by atoms with Crippen molar-refractivity contribution in [2.75, 3.05) is 7.11 Å². The molecule has 2 spiro atoms. The van der Waals surface area contributed by atoms with Gasteiger partial charge in [-0.05, 0) is 54.8 Å². The first-order valence-corrected chi connectivity index (χ1v) is 10.3. The molecule has 3 heteroatoms. The summed E-state index contributed by atoms with van der Waals surface area (Å²) in [5.74, 6) is 2.29. The third-order valence-electron chi connectivity index (χ3n) is 8.87. The number of ether oxygens (including phenoxy) is 1. The van der Waals surface area contributed by atoms with Crippen LogP contribution < -0.4 is 0 Å². The van der Waals surface area contributed by atoms with Crippen molar-refractivity contribution in [3.63, 3.8) is 0 Å². The molecule has 132 valence electrons. The predicted octanol–water partition coefficient (Wildman–Crippen LogP) is 4.14. The lowest BCUT2D eigenvalue weighted by Gasteiger charge is -2.28. The van der Waals surface area contributed by atoms with Crippen LogP contribution >= 0.6 is 0 Å². The summed E-state index contributed by atoms with van der Waals surface area (Å²) in [5, 5.41) is 0. The molecule has 3 nitrogen and oxygen atoms in total. The zero-order chi connectivity index (χ0) is 16.5. The van der Waals surface area contributed by atoms with Gasteiger partial charge in [-0.15, -0.1) is 0 Å². The topological polar surface area (TPSA) is 43.4 Å². The fourth-order valence-corrected chi connectivity index (χ4v) is 8.32. The van der Waals surface area contributed by atoms with Gasteiger partial charge in [-0.1, -0.05) is 38.5 Å². The summed E-state index contributed by atoms with van der Waals surface area (Å²) in [7, 11) is 1.47. The highest BCUT2D eigenvalue weighted by Crippen LogP contribution is 2.90. The molecule has 0 aromatic heterocycles. The fourth-order valence-electron chi connectivity index (χ4n) is 8.32. The Morgan fingerprint density at radius 2 is 1.38 bits per heavy atom. The highest BCUT2D eigenvalue weighted by atomic mass is 16.5. The van der Waals surface area contributed by atoms with Crippen molar-refractivity contribution in [1.82, 2.24) is 0 Å². The molecule has 0 saturated heterocycles. The van der Waals surface area contributed by atoms with Crippen molar-refractivity contribution < 1.29 is 14.3 Å². The normalized spacial score (nSPS) is 52.4. The SMILES string of the molecule is COC(=O)C1C(=O)CC2(C3CCCCCC32)C12C1CCCCCC12. The zero-order valence-electron chi connectivity index (χ0n) is 14.9. The summed E-state index contributed by atoms with van der Waals surface area (Å²) in [6.07, 6.45) is 13.7. The molecule has 0 aromatic rings. The summed E-state index contributed by atoms with van der Waals surface area (Å²) in [6, 6.07) is 0. The average molecular weight is 330 g/mol. The summed E-state index contributed by atoms with van der Waals surface area (Å²) in [6.45, 7) is 0. The highest BCUT2D eigenvalue weighted by Gasteiger charge is 2.90. The van der Waals surface area contributed by atoms with Gasteiger partial charge in [0.1, 0.15) is 11.7 Å². The number of carbonyl (C=O) groups is 2. The molecular formula is C21H30O3. The number of hydrogen-bond donors (Lipinski definition) is 0. The predicted molar refractivity (Wildman–Crippen MR) is 90.1 cm³/mol. The standard InChI is InChI=1S/C21H30O3/c1-24-19(23)18-17(22)12-20(13-8-4-2-5-9-14(13)20)21(18)15-10-6-3-7-11-16(15)21/h13-16,18H,2-12H2,1H3. The van der Waals surface area contributed by atoms with Crippen LogP contribution in [0, 0.1) is 40.4 Å². The summed E-state index contributed by atoms with van der Waals surface area (Å²) < 4.78 is 5.16. The number of ketones is 1. The Morgan fingerprint density at radius 3 is 1.88 bits per heavy atom. The third-order valence-corrected chi connectivity index (χ3v) is 8.87. The van der Waals surface area contributed by atoms with Crippen LogP contribution in [-0.2, 0) is 14.3 Å². The van der Waals surface area contributed by atoms with E-state index in [4.69, 9.17) is 4.74 Å². The monoisotopic (exact) mass is 330 g/mol. The molecule has 5 fully saturated rings. The summed E-state index contributed by atoms with van der Waals surface area (Å²) in [5.41, 5.74) is 0.195. The molecule has 5 atom stereocenters. The van der Waals surface area contributed by atoms with Crippen LogP contribution in [0.4, 0.5) is 0 Å². The molecule has 0 radical (unpaired) electrons. The molecule has 5 aliphatic rings. The minimum absolute atomic E-state index is 0.00424. The van der Waals surface area contributed by atoms with Gasteiger partial charge in [0.05, 0.1) is 7.11 Å². The van der Waals surface area contributed by atoms with Crippen LogP contribution in [0.15, 0.2) is 0 Å². The molecule has 0 N–H and O–H groups in total. The van der Waals surface area contributed by atoms with Gasteiger partial charge in [-0.25, -0.2) is 0 Å². The van der Waals surface area contributed by atoms with Crippen molar-refractivity contribution in [2.45, 2.75) is 70.6 Å². The Kier molecular flexibility index (Phi) is 3.26. The molecule has 5 aliphatic carbocycles. The highest BCUT2D eigenvalue weighted by molar-refractivity contribution is 6.04. The second-order valence-electron chi connectivity index (χ2n) is 9.27. The smallest absolute Gasteiger partial charge is 0.316 e. The Labute approximate surface area is 144 Å². The number of hydrogen-bond acceptors (Lipinski definition) is 3. The minimum atomic E-state index is -0.428. The van der Waals surface area contributed by atoms with Crippen molar-refractivity contribution >= 4 is 11.8 Å². The van der Waals surface area contributed by atoms with Gasteiger partial charge in [0.15, 0.2) is 0 Å². The van der Waals surface area contributed by atoms with Crippen LogP contribution in [0.1, 0.15) is 70.6 Å². The Hall–Kier alpha value is -0.860. The lowest BCUT2D eigenvalue weighted by molar-refractivity contribution is -0.151. The van der Waals surface area contributed by atoms with E-state index in [-0.39, 0.29) is 22.6 Å². The first-order chi connectivity index (χ1) is 11.7.